The fraction of sp³-hybridized carbons (Fsp3) is 0.500. The number of carbonyl (C=O) groups is 1. The molecule has 0 radical (unpaired) electrons. The number of rotatable bonds is 6. The molecule has 0 aromatic heterocycles. The van der Waals surface area contributed by atoms with Crippen molar-refractivity contribution < 1.29 is 19.4 Å². The predicted octanol–water partition coefficient (Wildman–Crippen LogP) is 2.83. The Balaban J connectivity index is 2.17. The quantitative estimate of drug-likeness (QED) is 0.816. The monoisotopic (exact) mass is 328 g/mol. The first-order valence-corrected chi connectivity index (χ1v) is 7.18. The van der Waals surface area contributed by atoms with Crippen LogP contribution in [0.5, 0.6) is 5.75 Å². The van der Waals surface area contributed by atoms with Crippen LogP contribution in [0.4, 0.5) is 0 Å². The lowest BCUT2D eigenvalue weighted by Crippen LogP contribution is -2.17. The minimum absolute atomic E-state index is 0.238. The maximum Gasteiger partial charge on any atom is 0.339 e. The lowest BCUT2D eigenvalue weighted by Gasteiger charge is -2.16. The maximum atomic E-state index is 11.6. The van der Waals surface area contributed by atoms with Gasteiger partial charge in [0.2, 0.25) is 0 Å². The van der Waals surface area contributed by atoms with Gasteiger partial charge in [0.15, 0.2) is 6.10 Å². The SMILES string of the molecule is CCOC(=O)C(O)c1cccc(Br)c1OCC1CC1. The van der Waals surface area contributed by atoms with Crippen LogP contribution in [0.3, 0.4) is 0 Å². The number of benzene rings is 1. The van der Waals surface area contributed by atoms with Gasteiger partial charge in [0.05, 0.1) is 17.7 Å². The largest absolute Gasteiger partial charge is 0.492 e. The molecular formula is C14H17BrO4. The van der Waals surface area contributed by atoms with Crippen molar-refractivity contribution in [1.29, 1.82) is 0 Å². The molecule has 1 N–H and O–H groups in total. The van der Waals surface area contributed by atoms with E-state index in [1.165, 1.54) is 12.8 Å². The molecule has 2 rings (SSSR count). The molecule has 0 bridgehead atoms. The summed E-state index contributed by atoms with van der Waals surface area (Å²) >= 11 is 3.39. The summed E-state index contributed by atoms with van der Waals surface area (Å²) in [4.78, 5) is 11.6. The number of carbonyl (C=O) groups excluding carboxylic acids is 1. The lowest BCUT2D eigenvalue weighted by molar-refractivity contribution is -0.153. The highest BCUT2D eigenvalue weighted by atomic mass is 79.9. The van der Waals surface area contributed by atoms with Gasteiger partial charge in [0.25, 0.3) is 0 Å². The highest BCUT2D eigenvalue weighted by Gasteiger charge is 2.26. The van der Waals surface area contributed by atoms with E-state index < -0.39 is 12.1 Å². The first-order valence-electron chi connectivity index (χ1n) is 6.39. The van der Waals surface area contributed by atoms with Gasteiger partial charge in [-0.15, -0.1) is 0 Å². The minimum atomic E-state index is -1.31. The first-order chi connectivity index (χ1) is 9.13. The van der Waals surface area contributed by atoms with Crippen LogP contribution in [0.1, 0.15) is 31.4 Å². The number of aliphatic hydroxyl groups excluding tert-OH is 1. The molecule has 1 aromatic carbocycles. The van der Waals surface area contributed by atoms with Crippen molar-refractivity contribution in [2.45, 2.75) is 25.9 Å². The predicted molar refractivity (Wildman–Crippen MR) is 74.0 cm³/mol. The molecule has 0 saturated heterocycles. The van der Waals surface area contributed by atoms with Crippen LogP contribution in [0.15, 0.2) is 22.7 Å². The standard InChI is InChI=1S/C14H17BrO4/c1-2-18-14(17)12(16)10-4-3-5-11(15)13(10)19-8-9-6-7-9/h3-5,9,12,16H,2,6-8H2,1H3. The first kappa shape index (κ1) is 14.3. The summed E-state index contributed by atoms with van der Waals surface area (Å²) in [6.45, 7) is 2.56. The number of ether oxygens (including phenoxy) is 2. The van der Waals surface area contributed by atoms with E-state index in [2.05, 4.69) is 15.9 Å². The van der Waals surface area contributed by atoms with Crippen molar-refractivity contribution in [1.82, 2.24) is 0 Å². The molecule has 1 aromatic rings. The van der Waals surface area contributed by atoms with E-state index in [9.17, 15) is 9.90 Å². The number of hydrogen-bond acceptors (Lipinski definition) is 4. The molecule has 0 heterocycles. The molecule has 1 aliphatic carbocycles. The van der Waals surface area contributed by atoms with Gasteiger partial charge in [-0.2, -0.15) is 0 Å². The van der Waals surface area contributed by atoms with Gasteiger partial charge in [-0.1, -0.05) is 12.1 Å². The average Bonchev–Trinajstić information content (AvgIpc) is 3.20. The Morgan fingerprint density at radius 1 is 1.53 bits per heavy atom. The van der Waals surface area contributed by atoms with E-state index in [1.807, 2.05) is 6.07 Å². The summed E-state index contributed by atoms with van der Waals surface area (Å²) in [5, 5.41) is 10.0. The molecule has 0 spiro atoms. The van der Waals surface area contributed by atoms with Crippen LogP contribution in [0, 0.1) is 5.92 Å². The number of para-hydroxylation sites is 1. The molecule has 1 unspecified atom stereocenters. The number of aliphatic hydroxyl groups is 1. The van der Waals surface area contributed by atoms with E-state index in [1.54, 1.807) is 19.1 Å². The van der Waals surface area contributed by atoms with E-state index >= 15 is 0 Å². The third-order valence-electron chi connectivity index (χ3n) is 2.96. The minimum Gasteiger partial charge on any atom is -0.492 e. The third kappa shape index (κ3) is 3.70. The van der Waals surface area contributed by atoms with E-state index in [0.29, 0.717) is 23.8 Å². The Bertz CT molecular complexity index is 457. The molecule has 104 valence electrons. The highest BCUT2D eigenvalue weighted by Crippen LogP contribution is 2.36. The topological polar surface area (TPSA) is 55.8 Å². The Hall–Kier alpha value is -1.07. The molecule has 4 nitrogen and oxygen atoms in total. The van der Waals surface area contributed by atoms with Gasteiger partial charge in [-0.3, -0.25) is 0 Å². The molecular weight excluding hydrogens is 312 g/mol. The molecule has 19 heavy (non-hydrogen) atoms. The van der Waals surface area contributed by atoms with Crippen LogP contribution in [0.2, 0.25) is 0 Å². The smallest absolute Gasteiger partial charge is 0.339 e. The summed E-state index contributed by atoms with van der Waals surface area (Å²) in [7, 11) is 0. The second-order valence-corrected chi connectivity index (χ2v) is 5.42. The van der Waals surface area contributed by atoms with Crippen molar-refractivity contribution in [3.05, 3.63) is 28.2 Å². The average molecular weight is 329 g/mol. The Morgan fingerprint density at radius 3 is 2.89 bits per heavy atom. The van der Waals surface area contributed by atoms with Gasteiger partial charge in [0.1, 0.15) is 5.75 Å². The van der Waals surface area contributed by atoms with Gasteiger partial charge >= 0.3 is 5.97 Å². The van der Waals surface area contributed by atoms with Crippen LogP contribution >= 0.6 is 15.9 Å². The molecule has 1 atom stereocenters. The van der Waals surface area contributed by atoms with Crippen LogP contribution in [0.25, 0.3) is 0 Å². The molecule has 1 fully saturated rings. The van der Waals surface area contributed by atoms with Gasteiger partial charge in [-0.25, -0.2) is 4.79 Å². The van der Waals surface area contributed by atoms with Crippen molar-refractivity contribution >= 4 is 21.9 Å². The van der Waals surface area contributed by atoms with Crippen LogP contribution in [-0.4, -0.2) is 24.3 Å². The second-order valence-electron chi connectivity index (χ2n) is 4.57. The van der Waals surface area contributed by atoms with Gasteiger partial charge < -0.3 is 14.6 Å². The third-order valence-corrected chi connectivity index (χ3v) is 3.59. The zero-order valence-electron chi connectivity index (χ0n) is 10.8. The highest BCUT2D eigenvalue weighted by molar-refractivity contribution is 9.10. The molecule has 0 amide bonds. The van der Waals surface area contributed by atoms with Crippen molar-refractivity contribution in [3.63, 3.8) is 0 Å². The van der Waals surface area contributed by atoms with Crippen molar-refractivity contribution in [2.75, 3.05) is 13.2 Å². The summed E-state index contributed by atoms with van der Waals surface area (Å²) in [5.74, 6) is 0.464. The van der Waals surface area contributed by atoms with Gasteiger partial charge in [0, 0.05) is 5.56 Å². The van der Waals surface area contributed by atoms with Crippen LogP contribution in [-0.2, 0) is 9.53 Å². The molecule has 0 aliphatic heterocycles. The van der Waals surface area contributed by atoms with Crippen molar-refractivity contribution in [3.8, 4) is 5.75 Å². The summed E-state index contributed by atoms with van der Waals surface area (Å²) < 4.78 is 11.3. The lowest BCUT2D eigenvalue weighted by atomic mass is 10.1. The van der Waals surface area contributed by atoms with E-state index in [0.717, 1.165) is 4.47 Å². The Morgan fingerprint density at radius 2 is 2.26 bits per heavy atom. The second kappa shape index (κ2) is 6.39. The number of esters is 1. The molecule has 1 saturated carbocycles. The normalized spacial score (nSPS) is 15.9. The molecule has 5 heteroatoms. The van der Waals surface area contributed by atoms with Crippen molar-refractivity contribution in [2.24, 2.45) is 5.92 Å². The summed E-state index contributed by atoms with van der Waals surface area (Å²) in [6.07, 6.45) is 1.05. The Kier molecular flexibility index (Phi) is 4.82. The summed E-state index contributed by atoms with van der Waals surface area (Å²) in [5.41, 5.74) is 0.438. The Labute approximate surface area is 120 Å². The fourth-order valence-corrected chi connectivity index (χ4v) is 2.22. The number of hydrogen-bond donors (Lipinski definition) is 1. The van der Waals surface area contributed by atoms with E-state index in [-0.39, 0.29) is 6.61 Å². The zero-order chi connectivity index (χ0) is 13.8. The maximum absolute atomic E-state index is 11.6. The summed E-state index contributed by atoms with van der Waals surface area (Å²) in [6, 6.07) is 5.25. The number of halogens is 1. The van der Waals surface area contributed by atoms with Crippen LogP contribution < -0.4 is 4.74 Å². The molecule has 1 aliphatic rings. The van der Waals surface area contributed by atoms with Gasteiger partial charge in [-0.05, 0) is 47.7 Å². The van der Waals surface area contributed by atoms with E-state index in [4.69, 9.17) is 9.47 Å². The fourth-order valence-electron chi connectivity index (χ4n) is 1.73. The zero-order valence-corrected chi connectivity index (χ0v) is 12.4.